The number of rotatable bonds is 13. The molecule has 1 atom stereocenters. The highest BCUT2D eigenvalue weighted by Gasteiger charge is 2.23. The second-order valence-corrected chi connectivity index (χ2v) is 13.6. The Balaban J connectivity index is 0.00000650. The molecule has 12 nitrogen and oxygen atoms in total. The van der Waals surface area contributed by atoms with E-state index in [1.54, 1.807) is 6.20 Å². The van der Waals surface area contributed by atoms with Crippen LogP contribution in [0.5, 0.6) is 5.75 Å². The lowest BCUT2D eigenvalue weighted by Crippen LogP contribution is -2.40. The molecular weight excluding hydrogens is 644 g/mol. The molecule has 2 heterocycles. The van der Waals surface area contributed by atoms with E-state index in [0.29, 0.717) is 45.3 Å². The number of esters is 1. The van der Waals surface area contributed by atoms with E-state index >= 15 is 0 Å². The number of amides is 1. The summed E-state index contributed by atoms with van der Waals surface area (Å²) in [6.45, 7) is 17.2. The van der Waals surface area contributed by atoms with E-state index in [1.807, 2.05) is 84.9 Å². The lowest BCUT2D eigenvalue weighted by molar-refractivity contribution is -0.157. The molecule has 1 fully saturated rings. The molecule has 268 valence electrons. The average Bonchev–Trinajstić information content (AvgIpc) is 3.03. The van der Waals surface area contributed by atoms with Crippen LogP contribution < -0.4 is 25.6 Å². The molecule has 49 heavy (non-hydrogen) atoms. The quantitative estimate of drug-likeness (QED) is 0.145. The molecule has 0 saturated carbocycles. The van der Waals surface area contributed by atoms with Crippen molar-refractivity contribution < 1.29 is 28.5 Å². The monoisotopic (exact) mass is 696 g/mol. The van der Waals surface area contributed by atoms with E-state index in [0.717, 1.165) is 47.0 Å². The zero-order valence-corrected chi connectivity index (χ0v) is 30.7. The molecule has 1 unspecified atom stereocenters. The molecule has 0 bridgehead atoms. The van der Waals surface area contributed by atoms with Crippen molar-refractivity contribution in [2.24, 2.45) is 0 Å². The van der Waals surface area contributed by atoms with Gasteiger partial charge < -0.3 is 39.8 Å². The molecule has 1 amide bonds. The number of anilines is 3. The smallest absolute Gasteiger partial charge is 0.407 e. The van der Waals surface area contributed by atoms with Gasteiger partial charge in [0, 0.05) is 49.3 Å². The van der Waals surface area contributed by atoms with Crippen molar-refractivity contribution in [2.75, 3.05) is 49.7 Å². The average molecular weight is 697 g/mol. The van der Waals surface area contributed by atoms with Gasteiger partial charge in [0.25, 0.3) is 0 Å². The highest BCUT2D eigenvalue weighted by Crippen LogP contribution is 2.28. The van der Waals surface area contributed by atoms with Gasteiger partial charge in [-0.15, -0.1) is 0 Å². The Hall–Kier alpha value is -4.07. The Morgan fingerprint density at radius 3 is 2.33 bits per heavy atom. The molecule has 0 radical (unpaired) electrons. The summed E-state index contributed by atoms with van der Waals surface area (Å²) in [5.41, 5.74) is 3.55. The van der Waals surface area contributed by atoms with Gasteiger partial charge in [0.1, 0.15) is 23.0 Å². The number of hydrogen-bond donors (Lipinski definition) is 3. The van der Waals surface area contributed by atoms with Gasteiger partial charge in [-0.3, -0.25) is 4.79 Å². The predicted octanol–water partition coefficient (Wildman–Crippen LogP) is 5.95. The molecule has 3 N–H and O–H groups in total. The van der Waals surface area contributed by atoms with Crippen LogP contribution in [0.15, 0.2) is 54.7 Å². The number of benzene rings is 2. The van der Waals surface area contributed by atoms with E-state index in [1.165, 1.54) is 0 Å². The summed E-state index contributed by atoms with van der Waals surface area (Å²) in [6.07, 6.45) is 1.94. The summed E-state index contributed by atoms with van der Waals surface area (Å²) in [7, 11) is 0. The molecule has 4 rings (SSSR count). The number of aromatic nitrogens is 2. The summed E-state index contributed by atoms with van der Waals surface area (Å²) >= 11 is 0. The predicted molar refractivity (Wildman–Crippen MR) is 197 cm³/mol. The highest BCUT2D eigenvalue weighted by atomic mass is 32.1. The first kappa shape index (κ1) is 39.4. The van der Waals surface area contributed by atoms with E-state index < -0.39 is 23.3 Å². The topological polar surface area (TPSA) is 136 Å². The second kappa shape index (κ2) is 18.1. The SMILES string of the molecule is CC(NCc1cc(Nc2nccc(-c3ccc(OCCCNC(=O)OC(C)(C)C)cc3)n2)ccc1N1CCOCC1)C(=O)OC(C)(C)C.S. The molecule has 2 aromatic carbocycles. The molecule has 1 aliphatic heterocycles. The van der Waals surface area contributed by atoms with Gasteiger partial charge in [-0.25, -0.2) is 14.8 Å². The maximum atomic E-state index is 12.6. The summed E-state index contributed by atoms with van der Waals surface area (Å²) < 4.78 is 22.2. The van der Waals surface area contributed by atoms with Crippen molar-refractivity contribution in [1.29, 1.82) is 0 Å². The van der Waals surface area contributed by atoms with Crippen LogP contribution in [0.4, 0.5) is 22.1 Å². The van der Waals surface area contributed by atoms with Crippen LogP contribution in [0.3, 0.4) is 0 Å². The molecule has 0 spiro atoms. The first-order valence-corrected chi connectivity index (χ1v) is 16.5. The Bertz CT molecular complexity index is 1500. The first-order valence-electron chi connectivity index (χ1n) is 16.5. The normalized spacial score (nSPS) is 13.9. The fraction of sp³-hybridized carbons (Fsp3) is 0.500. The minimum atomic E-state index is -0.552. The number of alkyl carbamates (subject to hydrolysis) is 1. The molecule has 1 aromatic heterocycles. The van der Waals surface area contributed by atoms with E-state index in [-0.39, 0.29) is 19.5 Å². The Morgan fingerprint density at radius 2 is 1.65 bits per heavy atom. The van der Waals surface area contributed by atoms with Crippen molar-refractivity contribution in [3.05, 3.63) is 60.3 Å². The van der Waals surface area contributed by atoms with Crippen LogP contribution in [-0.2, 0) is 25.5 Å². The molecule has 0 aliphatic carbocycles. The number of nitrogens with zero attached hydrogens (tertiary/aromatic N) is 3. The van der Waals surface area contributed by atoms with Crippen molar-refractivity contribution in [3.8, 4) is 17.0 Å². The lowest BCUT2D eigenvalue weighted by atomic mass is 10.1. The van der Waals surface area contributed by atoms with Gasteiger partial charge in [-0.05, 0) is 109 Å². The Labute approximate surface area is 297 Å². The number of hydrogen-bond acceptors (Lipinski definition) is 11. The molecular formula is C36H52N6O6S. The van der Waals surface area contributed by atoms with E-state index in [4.69, 9.17) is 23.9 Å². The van der Waals surface area contributed by atoms with E-state index in [2.05, 4.69) is 38.0 Å². The van der Waals surface area contributed by atoms with Crippen LogP contribution in [-0.4, -0.2) is 78.7 Å². The standard InChI is InChI=1S/C36H50N6O6.H2S/c1-25(32(43)47-35(2,3)4)39-24-27-23-28(11-14-31(27)42-18-21-45-22-19-42)40-33-37-17-15-30(41-33)26-9-12-29(13-10-26)46-20-8-16-38-34(44)48-36(5,6)7;/h9-15,17,23,25,39H,8,16,18-22,24H2,1-7H3,(H,38,44)(H,37,40,41);1H2. The molecule has 13 heteroatoms. The van der Waals surface area contributed by atoms with Crippen molar-refractivity contribution in [1.82, 2.24) is 20.6 Å². The third-order valence-corrected chi connectivity index (χ3v) is 7.11. The minimum Gasteiger partial charge on any atom is -0.494 e. The number of morpholine rings is 1. The maximum Gasteiger partial charge on any atom is 0.407 e. The third kappa shape index (κ3) is 13.4. The number of ether oxygens (including phenoxy) is 4. The minimum absolute atomic E-state index is 0. The van der Waals surface area contributed by atoms with Gasteiger partial charge in [0.05, 0.1) is 25.5 Å². The maximum absolute atomic E-state index is 12.6. The van der Waals surface area contributed by atoms with Crippen molar-refractivity contribution in [2.45, 2.75) is 78.7 Å². The van der Waals surface area contributed by atoms with Crippen LogP contribution in [0.2, 0.25) is 0 Å². The Morgan fingerprint density at radius 1 is 0.959 bits per heavy atom. The van der Waals surface area contributed by atoms with Gasteiger partial charge in [-0.1, -0.05) is 0 Å². The van der Waals surface area contributed by atoms with Gasteiger partial charge in [0.15, 0.2) is 0 Å². The van der Waals surface area contributed by atoms with Crippen LogP contribution in [0, 0.1) is 0 Å². The first-order chi connectivity index (χ1) is 22.8. The summed E-state index contributed by atoms with van der Waals surface area (Å²) in [4.78, 5) is 35.9. The van der Waals surface area contributed by atoms with Crippen LogP contribution >= 0.6 is 13.5 Å². The van der Waals surface area contributed by atoms with Crippen LogP contribution in [0.1, 0.15) is 60.5 Å². The summed E-state index contributed by atoms with van der Waals surface area (Å²) in [5.74, 6) is 0.901. The Kier molecular flexibility index (Phi) is 14.5. The fourth-order valence-corrected chi connectivity index (χ4v) is 4.85. The summed E-state index contributed by atoms with van der Waals surface area (Å²) in [5, 5.41) is 9.42. The largest absolute Gasteiger partial charge is 0.494 e. The van der Waals surface area contributed by atoms with Gasteiger partial charge >= 0.3 is 12.1 Å². The van der Waals surface area contributed by atoms with Crippen molar-refractivity contribution >= 4 is 42.9 Å². The highest BCUT2D eigenvalue weighted by molar-refractivity contribution is 7.59. The van der Waals surface area contributed by atoms with Gasteiger partial charge in [-0.2, -0.15) is 13.5 Å². The molecule has 1 aliphatic rings. The lowest BCUT2D eigenvalue weighted by Gasteiger charge is -2.31. The van der Waals surface area contributed by atoms with Crippen LogP contribution in [0.25, 0.3) is 11.3 Å². The number of nitrogens with one attached hydrogen (secondary N) is 3. The molecule has 1 saturated heterocycles. The zero-order valence-electron chi connectivity index (χ0n) is 29.7. The number of carbonyl (C=O) groups is 2. The van der Waals surface area contributed by atoms with Gasteiger partial charge in [0.2, 0.25) is 5.95 Å². The number of carbonyl (C=O) groups excluding carboxylic acids is 2. The zero-order chi connectivity index (χ0) is 34.7. The second-order valence-electron chi connectivity index (χ2n) is 13.6. The third-order valence-electron chi connectivity index (χ3n) is 7.11. The summed E-state index contributed by atoms with van der Waals surface area (Å²) in [6, 6.07) is 15.2. The fourth-order valence-electron chi connectivity index (χ4n) is 4.85. The molecule has 3 aromatic rings. The van der Waals surface area contributed by atoms with E-state index in [9.17, 15) is 9.59 Å². The van der Waals surface area contributed by atoms with Crippen molar-refractivity contribution in [3.63, 3.8) is 0 Å².